The van der Waals surface area contributed by atoms with E-state index in [2.05, 4.69) is 6.58 Å². The molecule has 0 aliphatic carbocycles. The van der Waals surface area contributed by atoms with E-state index in [1.54, 1.807) is 19.2 Å². The van der Waals surface area contributed by atoms with Crippen molar-refractivity contribution in [2.24, 2.45) is 0 Å². The molecular weight excluding hydrogens is 104 g/mol. The van der Waals surface area contributed by atoms with Gasteiger partial charge in [-0.05, 0) is 19.1 Å². The Kier molecular flexibility index (Phi) is 2.26. The summed E-state index contributed by atoms with van der Waals surface area (Å²) in [6.45, 7) is 7.05. The third-order valence-electron chi connectivity index (χ3n) is 0.636. The molecule has 1 radical (unpaired) electrons. The second kappa shape index (κ2) is 2.28. The van der Waals surface area contributed by atoms with Gasteiger partial charge in [-0.15, -0.1) is 6.58 Å². The van der Waals surface area contributed by atoms with Crippen molar-refractivity contribution in [2.45, 2.75) is 19.1 Å². The second-order valence-electron chi connectivity index (χ2n) is 2.25. The highest BCUT2D eigenvalue weighted by Gasteiger charge is 2.15. The van der Waals surface area contributed by atoms with E-state index in [0.29, 0.717) is 6.04 Å². The van der Waals surface area contributed by atoms with E-state index in [9.17, 15) is 4.80 Å². The van der Waals surface area contributed by atoms with E-state index in [-0.39, 0.29) is 0 Å². The first kappa shape index (κ1) is 6.92. The van der Waals surface area contributed by atoms with Crippen molar-refractivity contribution in [1.82, 2.24) is 0 Å². The molecule has 0 N–H and O–H groups in total. The lowest BCUT2D eigenvalue weighted by molar-refractivity contribution is 0.432. The molecule has 0 aliphatic rings. The molecule has 0 heterocycles. The summed E-state index contributed by atoms with van der Waals surface area (Å²) in [6.07, 6.45) is 1.71. The molecule has 0 rings (SSSR count). The zero-order valence-electron chi connectivity index (χ0n) is 4.90. The van der Waals surface area contributed by atoms with Crippen LogP contribution in [0.1, 0.15) is 0 Å². The molecule has 7 heavy (non-hydrogen) atoms. The van der Waals surface area contributed by atoms with Crippen LogP contribution in [0.4, 0.5) is 0 Å². The van der Waals surface area contributed by atoms with Crippen LogP contribution in [-0.4, -0.2) is 8.32 Å². The Morgan fingerprint density at radius 1 is 1.71 bits per heavy atom. The number of allylic oxidation sites excluding steroid dienone is 1. The predicted octanol–water partition coefficient (Wildman–Crippen LogP) is 1.81. The van der Waals surface area contributed by atoms with Crippen molar-refractivity contribution in [1.29, 1.82) is 0 Å². The van der Waals surface area contributed by atoms with E-state index in [4.69, 9.17) is 0 Å². The van der Waals surface area contributed by atoms with Crippen LogP contribution in [0.2, 0.25) is 19.1 Å². The van der Waals surface area contributed by atoms with Gasteiger partial charge >= 0.3 is 0 Å². The third-order valence-corrected chi connectivity index (χ3v) is 1.91. The molecule has 0 saturated heterocycles. The van der Waals surface area contributed by atoms with Gasteiger partial charge in [-0.2, -0.15) is 0 Å². The molecule has 0 spiro atoms. The average Bonchev–Trinajstić information content (AvgIpc) is 1.30. The minimum Gasteiger partial charge on any atom is -0.298 e. The van der Waals surface area contributed by atoms with Gasteiger partial charge in [-0.25, -0.2) is 0 Å². The van der Waals surface area contributed by atoms with Crippen molar-refractivity contribution in [2.75, 3.05) is 0 Å². The van der Waals surface area contributed by atoms with Gasteiger partial charge in [-0.3, -0.25) is 4.80 Å². The molecular formula is C5H11OSi. The summed E-state index contributed by atoms with van der Waals surface area (Å²) < 4.78 is 0. The fraction of sp³-hybridized carbons (Fsp3) is 0.600. The zero-order chi connectivity index (χ0) is 5.91. The molecule has 0 amide bonds. The lowest BCUT2D eigenvalue weighted by Crippen LogP contribution is -2.20. The van der Waals surface area contributed by atoms with E-state index in [1.165, 1.54) is 0 Å². The minimum atomic E-state index is -2.03. The van der Waals surface area contributed by atoms with Crippen molar-refractivity contribution in [3.05, 3.63) is 12.7 Å². The smallest absolute Gasteiger partial charge is 0.235 e. The topological polar surface area (TPSA) is 19.9 Å². The maximum Gasteiger partial charge on any atom is 0.235 e. The van der Waals surface area contributed by atoms with Gasteiger partial charge in [0, 0.05) is 0 Å². The molecule has 0 aromatic rings. The van der Waals surface area contributed by atoms with E-state index < -0.39 is 8.32 Å². The quantitative estimate of drug-likeness (QED) is 0.386. The Morgan fingerprint density at radius 2 is 2.14 bits per heavy atom. The van der Waals surface area contributed by atoms with Crippen molar-refractivity contribution < 1.29 is 4.80 Å². The van der Waals surface area contributed by atoms with Gasteiger partial charge in [0.15, 0.2) is 0 Å². The van der Waals surface area contributed by atoms with Crippen LogP contribution in [0.3, 0.4) is 0 Å². The molecule has 0 aromatic carbocycles. The van der Waals surface area contributed by atoms with Crippen molar-refractivity contribution >= 4 is 8.32 Å². The average molecular weight is 115 g/mol. The third kappa shape index (κ3) is 5.92. The molecule has 41 valence electrons. The predicted molar refractivity (Wildman–Crippen MR) is 33.2 cm³/mol. The summed E-state index contributed by atoms with van der Waals surface area (Å²) in [4.78, 5) is 10.8. The van der Waals surface area contributed by atoms with Gasteiger partial charge in [0.25, 0.3) is 0 Å². The Balaban J connectivity index is 3.34. The molecule has 0 fully saturated rings. The largest absolute Gasteiger partial charge is 0.298 e. The Labute approximate surface area is 45.8 Å². The zero-order valence-corrected chi connectivity index (χ0v) is 5.90. The number of rotatable bonds is 2. The number of hydrogen-bond donors (Lipinski definition) is 0. The summed E-state index contributed by atoms with van der Waals surface area (Å²) in [5.74, 6) is 0. The van der Waals surface area contributed by atoms with Crippen LogP contribution in [0.25, 0.3) is 0 Å². The van der Waals surface area contributed by atoms with Crippen LogP contribution in [-0.2, 0) is 4.80 Å². The standard InChI is InChI=1S/C5H11OSi/c1-4-5-7(2,3)6/h4H,1,5H2,2-3H3. The first-order valence-electron chi connectivity index (χ1n) is 2.37. The second-order valence-corrected chi connectivity index (χ2v) is 6.18. The number of hydrogen-bond acceptors (Lipinski definition) is 0. The Bertz CT molecular complexity index is 63.0. The van der Waals surface area contributed by atoms with Crippen molar-refractivity contribution in [3.63, 3.8) is 0 Å². The van der Waals surface area contributed by atoms with E-state index >= 15 is 0 Å². The van der Waals surface area contributed by atoms with Gasteiger partial charge in [0.2, 0.25) is 8.32 Å². The molecule has 0 aliphatic heterocycles. The monoisotopic (exact) mass is 115 g/mol. The molecule has 0 unspecified atom stereocenters. The lowest BCUT2D eigenvalue weighted by Gasteiger charge is -2.04. The maximum atomic E-state index is 10.8. The molecule has 1 nitrogen and oxygen atoms in total. The van der Waals surface area contributed by atoms with Gasteiger partial charge in [0.05, 0.1) is 0 Å². The van der Waals surface area contributed by atoms with Crippen LogP contribution in [0.15, 0.2) is 12.7 Å². The minimum absolute atomic E-state index is 0.688. The molecule has 0 atom stereocenters. The fourth-order valence-electron chi connectivity index (χ4n) is 0.348. The normalized spacial score (nSPS) is 11.3. The summed E-state index contributed by atoms with van der Waals surface area (Å²) in [5.41, 5.74) is 0. The summed E-state index contributed by atoms with van der Waals surface area (Å²) in [6, 6.07) is 0.688. The first-order valence-corrected chi connectivity index (χ1v) is 5.49. The van der Waals surface area contributed by atoms with Crippen LogP contribution >= 0.6 is 0 Å². The van der Waals surface area contributed by atoms with Gasteiger partial charge < -0.3 is 0 Å². The summed E-state index contributed by atoms with van der Waals surface area (Å²) in [5, 5.41) is 0. The molecule has 0 aromatic heterocycles. The van der Waals surface area contributed by atoms with E-state index in [1.807, 2.05) is 0 Å². The van der Waals surface area contributed by atoms with Crippen LogP contribution in [0.5, 0.6) is 0 Å². The highest BCUT2D eigenvalue weighted by Crippen LogP contribution is 2.03. The highest BCUT2D eigenvalue weighted by molar-refractivity contribution is 6.69. The van der Waals surface area contributed by atoms with E-state index in [0.717, 1.165) is 0 Å². The molecule has 2 heteroatoms. The van der Waals surface area contributed by atoms with Crippen LogP contribution in [0, 0.1) is 0 Å². The van der Waals surface area contributed by atoms with Gasteiger partial charge in [0.1, 0.15) is 0 Å². The maximum absolute atomic E-state index is 10.8. The Morgan fingerprint density at radius 3 is 2.14 bits per heavy atom. The van der Waals surface area contributed by atoms with Crippen LogP contribution < -0.4 is 0 Å². The molecule has 0 saturated carbocycles. The SMILES string of the molecule is C=CC[Si](C)(C)[O]. The summed E-state index contributed by atoms with van der Waals surface area (Å²) >= 11 is 0. The fourth-order valence-corrected chi connectivity index (χ4v) is 1.04. The molecule has 0 bridgehead atoms. The van der Waals surface area contributed by atoms with Gasteiger partial charge in [-0.1, -0.05) is 6.08 Å². The lowest BCUT2D eigenvalue weighted by atomic mass is 10.8. The van der Waals surface area contributed by atoms with Crippen molar-refractivity contribution in [3.8, 4) is 0 Å². The first-order chi connectivity index (χ1) is 3.06. The summed E-state index contributed by atoms with van der Waals surface area (Å²) in [7, 11) is -2.03. The highest BCUT2D eigenvalue weighted by atomic mass is 28.4. The Hall–Kier alpha value is -0.0831.